The molecule has 1 saturated carbocycles. The number of carbonyl (C=O) groups excluding carboxylic acids is 1. The van der Waals surface area contributed by atoms with Crippen LogP contribution in [0, 0.1) is 6.92 Å². The number of carboxylic acids is 1. The fourth-order valence-electron chi connectivity index (χ4n) is 2.96. The first-order chi connectivity index (χ1) is 11.0. The van der Waals surface area contributed by atoms with E-state index in [2.05, 4.69) is 10.3 Å². The minimum Gasteiger partial charge on any atom is -0.480 e. The average molecular weight is 314 g/mol. The Morgan fingerprint density at radius 2 is 1.87 bits per heavy atom. The molecular weight excluding hydrogens is 296 g/mol. The van der Waals surface area contributed by atoms with Gasteiger partial charge in [0, 0.05) is 5.56 Å². The number of carbonyl (C=O) groups is 2. The maximum Gasteiger partial charge on any atom is 0.329 e. The summed E-state index contributed by atoms with van der Waals surface area (Å²) in [5, 5.41) is 12.1. The second-order valence-electron chi connectivity index (χ2n) is 5.85. The summed E-state index contributed by atoms with van der Waals surface area (Å²) >= 11 is 0. The summed E-state index contributed by atoms with van der Waals surface area (Å²) < 4.78 is 5.58. The zero-order chi connectivity index (χ0) is 16.4. The highest BCUT2D eigenvalue weighted by molar-refractivity contribution is 5.97. The lowest BCUT2D eigenvalue weighted by Gasteiger charge is -2.24. The minimum atomic E-state index is -1.19. The van der Waals surface area contributed by atoms with Crippen molar-refractivity contribution in [2.45, 2.75) is 38.1 Å². The summed E-state index contributed by atoms with van der Waals surface area (Å²) in [4.78, 5) is 28.3. The lowest BCUT2D eigenvalue weighted by Crippen LogP contribution is -2.52. The molecule has 1 amide bonds. The largest absolute Gasteiger partial charge is 0.480 e. The molecule has 0 atom stereocenters. The number of oxazole rings is 1. The monoisotopic (exact) mass is 314 g/mol. The molecule has 0 unspecified atom stereocenters. The summed E-state index contributed by atoms with van der Waals surface area (Å²) in [6.07, 6.45) is 2.45. The van der Waals surface area contributed by atoms with Crippen LogP contribution in [0.2, 0.25) is 0 Å². The maximum atomic E-state index is 12.5. The molecule has 1 aromatic carbocycles. The SMILES string of the molecule is Cc1nc(-c2ccccc2)oc1C(=O)NC1(C(=O)O)CCCC1. The van der Waals surface area contributed by atoms with Gasteiger partial charge in [0.05, 0.1) is 5.69 Å². The Hall–Kier alpha value is -2.63. The predicted octanol–water partition coefficient (Wildman–Crippen LogP) is 2.78. The van der Waals surface area contributed by atoms with Gasteiger partial charge >= 0.3 is 5.97 Å². The molecule has 1 aliphatic carbocycles. The molecule has 0 aliphatic heterocycles. The van der Waals surface area contributed by atoms with Crippen molar-refractivity contribution < 1.29 is 19.1 Å². The van der Waals surface area contributed by atoms with Gasteiger partial charge in [-0.15, -0.1) is 0 Å². The fourth-order valence-corrected chi connectivity index (χ4v) is 2.96. The fraction of sp³-hybridized carbons (Fsp3) is 0.353. The molecule has 6 nitrogen and oxygen atoms in total. The third-order valence-corrected chi connectivity index (χ3v) is 4.24. The maximum absolute atomic E-state index is 12.5. The van der Waals surface area contributed by atoms with Crippen LogP contribution in [0.15, 0.2) is 34.7 Å². The third kappa shape index (κ3) is 2.84. The van der Waals surface area contributed by atoms with Gasteiger partial charge in [-0.25, -0.2) is 9.78 Å². The molecule has 1 aromatic heterocycles. The topological polar surface area (TPSA) is 92.4 Å². The van der Waals surface area contributed by atoms with Gasteiger partial charge < -0.3 is 14.8 Å². The molecule has 3 rings (SSSR count). The van der Waals surface area contributed by atoms with Crippen LogP contribution in [-0.4, -0.2) is 27.5 Å². The van der Waals surface area contributed by atoms with Crippen LogP contribution in [-0.2, 0) is 4.79 Å². The Morgan fingerprint density at radius 1 is 1.22 bits per heavy atom. The Morgan fingerprint density at radius 3 is 2.48 bits per heavy atom. The third-order valence-electron chi connectivity index (χ3n) is 4.24. The smallest absolute Gasteiger partial charge is 0.329 e. The van der Waals surface area contributed by atoms with Gasteiger partial charge in [-0.2, -0.15) is 0 Å². The number of rotatable bonds is 4. The first-order valence-corrected chi connectivity index (χ1v) is 7.61. The van der Waals surface area contributed by atoms with Crippen molar-refractivity contribution in [2.75, 3.05) is 0 Å². The van der Waals surface area contributed by atoms with Gasteiger partial charge in [-0.3, -0.25) is 4.79 Å². The molecule has 2 aromatic rings. The lowest BCUT2D eigenvalue weighted by molar-refractivity contribution is -0.144. The van der Waals surface area contributed by atoms with Crippen molar-refractivity contribution in [3.05, 3.63) is 41.8 Å². The lowest BCUT2D eigenvalue weighted by atomic mass is 9.97. The minimum absolute atomic E-state index is 0.0661. The van der Waals surface area contributed by atoms with Gasteiger partial charge in [0.15, 0.2) is 0 Å². The second kappa shape index (κ2) is 5.87. The standard InChI is InChI=1S/C17H18N2O4/c1-11-13(23-15(18-11)12-7-3-2-4-8-12)14(20)19-17(16(21)22)9-5-6-10-17/h2-4,7-8H,5-6,9-10H2,1H3,(H,19,20)(H,21,22). The van der Waals surface area contributed by atoms with E-state index >= 15 is 0 Å². The normalized spacial score (nSPS) is 16.2. The first-order valence-electron chi connectivity index (χ1n) is 7.61. The summed E-state index contributed by atoms with van der Waals surface area (Å²) in [6, 6.07) is 9.26. The van der Waals surface area contributed by atoms with Gasteiger partial charge in [0.1, 0.15) is 5.54 Å². The van der Waals surface area contributed by atoms with Crippen molar-refractivity contribution in [3.8, 4) is 11.5 Å². The quantitative estimate of drug-likeness (QED) is 0.905. The van der Waals surface area contributed by atoms with Gasteiger partial charge in [-0.05, 0) is 31.9 Å². The number of carboxylic acid groups (broad SMARTS) is 1. The van der Waals surface area contributed by atoms with E-state index in [-0.39, 0.29) is 5.76 Å². The highest BCUT2D eigenvalue weighted by Crippen LogP contribution is 2.31. The first kappa shape index (κ1) is 15.3. The summed E-state index contributed by atoms with van der Waals surface area (Å²) in [5.74, 6) is -1.11. The van der Waals surface area contributed by atoms with E-state index in [4.69, 9.17) is 4.42 Å². The second-order valence-corrected chi connectivity index (χ2v) is 5.85. The molecule has 1 fully saturated rings. The number of benzene rings is 1. The van der Waals surface area contributed by atoms with E-state index in [0.717, 1.165) is 18.4 Å². The van der Waals surface area contributed by atoms with Crippen molar-refractivity contribution in [2.24, 2.45) is 0 Å². The molecule has 0 bridgehead atoms. The van der Waals surface area contributed by atoms with Crippen molar-refractivity contribution in [3.63, 3.8) is 0 Å². The molecular formula is C17H18N2O4. The van der Waals surface area contributed by atoms with Crippen molar-refractivity contribution >= 4 is 11.9 Å². The zero-order valence-corrected chi connectivity index (χ0v) is 12.8. The van der Waals surface area contributed by atoms with E-state index in [0.29, 0.717) is 24.4 Å². The van der Waals surface area contributed by atoms with Crippen LogP contribution in [0.1, 0.15) is 41.9 Å². The highest BCUT2D eigenvalue weighted by atomic mass is 16.4. The molecule has 120 valence electrons. The number of amides is 1. The van der Waals surface area contributed by atoms with E-state index in [9.17, 15) is 14.7 Å². The van der Waals surface area contributed by atoms with Crippen molar-refractivity contribution in [1.29, 1.82) is 0 Å². The van der Waals surface area contributed by atoms with E-state index in [1.807, 2.05) is 30.3 Å². The van der Waals surface area contributed by atoms with E-state index < -0.39 is 17.4 Å². The average Bonchev–Trinajstić information content (AvgIpc) is 3.16. The number of nitrogens with one attached hydrogen (secondary N) is 1. The number of nitrogens with zero attached hydrogens (tertiary/aromatic N) is 1. The molecule has 6 heteroatoms. The zero-order valence-electron chi connectivity index (χ0n) is 12.8. The van der Waals surface area contributed by atoms with Crippen LogP contribution in [0.4, 0.5) is 0 Å². The molecule has 0 spiro atoms. The van der Waals surface area contributed by atoms with Gasteiger partial charge in [0.2, 0.25) is 11.7 Å². The van der Waals surface area contributed by atoms with Crippen LogP contribution in [0.5, 0.6) is 0 Å². The van der Waals surface area contributed by atoms with E-state index in [1.54, 1.807) is 6.92 Å². The molecule has 1 heterocycles. The van der Waals surface area contributed by atoms with Crippen LogP contribution < -0.4 is 5.32 Å². The van der Waals surface area contributed by atoms with Crippen LogP contribution in [0.25, 0.3) is 11.5 Å². The Balaban J connectivity index is 1.86. The van der Waals surface area contributed by atoms with Crippen molar-refractivity contribution in [1.82, 2.24) is 10.3 Å². The molecule has 2 N–H and O–H groups in total. The van der Waals surface area contributed by atoms with E-state index in [1.165, 1.54) is 0 Å². The predicted molar refractivity (Wildman–Crippen MR) is 83.0 cm³/mol. The van der Waals surface area contributed by atoms with Gasteiger partial charge in [0.25, 0.3) is 5.91 Å². The summed E-state index contributed by atoms with van der Waals surface area (Å²) in [6.45, 7) is 1.67. The van der Waals surface area contributed by atoms with Gasteiger partial charge in [-0.1, -0.05) is 31.0 Å². The summed E-state index contributed by atoms with van der Waals surface area (Å²) in [5.41, 5.74) is 0.0202. The molecule has 0 saturated heterocycles. The molecule has 23 heavy (non-hydrogen) atoms. The Labute approximate surface area is 133 Å². The highest BCUT2D eigenvalue weighted by Gasteiger charge is 2.43. The summed E-state index contributed by atoms with van der Waals surface area (Å²) in [7, 11) is 0. The molecule has 0 radical (unpaired) electrons. The number of hydrogen-bond acceptors (Lipinski definition) is 4. The molecule has 1 aliphatic rings. The Bertz CT molecular complexity index is 730. The number of hydrogen-bond donors (Lipinski definition) is 2. The number of aromatic nitrogens is 1. The number of aliphatic carboxylic acids is 1. The number of aryl methyl sites for hydroxylation is 1. The Kier molecular flexibility index (Phi) is 3.90. The van der Waals surface area contributed by atoms with Crippen LogP contribution in [0.3, 0.4) is 0 Å². The van der Waals surface area contributed by atoms with Crippen LogP contribution >= 0.6 is 0 Å².